The smallest absolute Gasteiger partial charge is 0.317 e. The fourth-order valence-electron chi connectivity index (χ4n) is 2.01. The molecule has 1 rings (SSSR count). The fraction of sp³-hybridized carbons (Fsp3) is 0.846. The van der Waals surface area contributed by atoms with E-state index < -0.39 is 5.97 Å². The number of rotatable bonds is 8. The zero-order valence-electron chi connectivity index (χ0n) is 12.0. The number of thioether (sulfide) groups is 1. The van der Waals surface area contributed by atoms with Crippen molar-refractivity contribution in [3.8, 4) is 0 Å². The predicted octanol–water partition coefficient (Wildman–Crippen LogP) is 1.40. The lowest BCUT2D eigenvalue weighted by molar-refractivity contribution is -0.137. The molecule has 0 spiro atoms. The zero-order chi connectivity index (χ0) is 14.8. The molecule has 0 radical (unpaired) electrons. The van der Waals surface area contributed by atoms with Crippen LogP contribution in [-0.2, 0) is 9.53 Å². The van der Waals surface area contributed by atoms with E-state index in [1.165, 1.54) is 0 Å². The molecule has 1 aliphatic heterocycles. The van der Waals surface area contributed by atoms with Crippen molar-refractivity contribution in [1.29, 1.82) is 0 Å². The number of carbonyl (C=O) groups excluding carboxylic acids is 1. The average Bonchev–Trinajstić information content (AvgIpc) is 2.42. The third-order valence-corrected chi connectivity index (χ3v) is 4.08. The summed E-state index contributed by atoms with van der Waals surface area (Å²) in [6.45, 7) is 4.62. The van der Waals surface area contributed by atoms with Gasteiger partial charge in [-0.15, -0.1) is 0 Å². The minimum atomic E-state index is -0.858. The molecule has 1 saturated heterocycles. The lowest BCUT2D eigenvalue weighted by Gasteiger charge is -2.34. The van der Waals surface area contributed by atoms with Gasteiger partial charge < -0.3 is 20.1 Å². The first-order chi connectivity index (χ1) is 9.65. The molecule has 0 saturated carbocycles. The fourth-order valence-corrected chi connectivity index (χ4v) is 3.07. The second kappa shape index (κ2) is 9.88. The van der Waals surface area contributed by atoms with E-state index in [1.54, 1.807) is 16.7 Å². The quantitative estimate of drug-likeness (QED) is 0.663. The van der Waals surface area contributed by atoms with Gasteiger partial charge >= 0.3 is 12.0 Å². The molecule has 20 heavy (non-hydrogen) atoms. The van der Waals surface area contributed by atoms with E-state index in [0.717, 1.165) is 25.2 Å². The summed E-state index contributed by atoms with van der Waals surface area (Å²) >= 11 is 1.70. The van der Waals surface area contributed by atoms with Crippen molar-refractivity contribution in [2.45, 2.75) is 32.2 Å². The predicted molar refractivity (Wildman–Crippen MR) is 79.2 cm³/mol. The number of aliphatic carboxylic acids is 1. The largest absolute Gasteiger partial charge is 0.481 e. The minimum Gasteiger partial charge on any atom is -0.481 e. The van der Waals surface area contributed by atoms with E-state index in [2.05, 4.69) is 12.2 Å². The van der Waals surface area contributed by atoms with Gasteiger partial charge in [-0.1, -0.05) is 6.92 Å². The van der Waals surface area contributed by atoms with Gasteiger partial charge in [0, 0.05) is 37.8 Å². The molecule has 0 aromatic carbocycles. The number of hydrogen-bond donors (Lipinski definition) is 2. The SMILES string of the molecule is CCCOCCCNC(=O)N1CCSCC1CC(=O)O. The van der Waals surface area contributed by atoms with E-state index in [0.29, 0.717) is 25.4 Å². The van der Waals surface area contributed by atoms with Crippen LogP contribution in [0.25, 0.3) is 0 Å². The second-order valence-electron chi connectivity index (χ2n) is 4.72. The summed E-state index contributed by atoms with van der Waals surface area (Å²) in [5.74, 6) is 0.700. The third kappa shape index (κ3) is 6.47. The summed E-state index contributed by atoms with van der Waals surface area (Å²) in [7, 11) is 0. The second-order valence-corrected chi connectivity index (χ2v) is 5.87. The molecule has 1 unspecified atom stereocenters. The van der Waals surface area contributed by atoms with Crippen LogP contribution >= 0.6 is 11.8 Å². The van der Waals surface area contributed by atoms with E-state index in [1.807, 2.05) is 0 Å². The summed E-state index contributed by atoms with van der Waals surface area (Å²) in [4.78, 5) is 24.5. The van der Waals surface area contributed by atoms with E-state index in [-0.39, 0.29) is 18.5 Å². The number of carboxylic acid groups (broad SMARTS) is 1. The van der Waals surface area contributed by atoms with Crippen LogP contribution in [0.4, 0.5) is 4.79 Å². The van der Waals surface area contributed by atoms with Crippen LogP contribution < -0.4 is 5.32 Å². The Labute approximate surface area is 124 Å². The highest BCUT2D eigenvalue weighted by molar-refractivity contribution is 7.99. The number of carbonyl (C=O) groups is 2. The van der Waals surface area contributed by atoms with Gasteiger partial charge in [-0.05, 0) is 12.8 Å². The maximum Gasteiger partial charge on any atom is 0.317 e. The molecule has 2 amide bonds. The Hall–Kier alpha value is -0.950. The Kier molecular flexibility index (Phi) is 8.45. The van der Waals surface area contributed by atoms with Crippen LogP contribution in [0.3, 0.4) is 0 Å². The lowest BCUT2D eigenvalue weighted by Crippen LogP contribution is -2.51. The van der Waals surface area contributed by atoms with Crippen molar-refractivity contribution < 1.29 is 19.4 Å². The first-order valence-electron chi connectivity index (χ1n) is 7.07. The van der Waals surface area contributed by atoms with Crippen molar-refractivity contribution in [3.63, 3.8) is 0 Å². The molecule has 2 N–H and O–H groups in total. The van der Waals surface area contributed by atoms with E-state index in [4.69, 9.17) is 9.84 Å². The number of ether oxygens (including phenoxy) is 1. The molecule has 1 heterocycles. The first-order valence-corrected chi connectivity index (χ1v) is 8.22. The molecule has 0 bridgehead atoms. The highest BCUT2D eigenvalue weighted by atomic mass is 32.2. The highest BCUT2D eigenvalue weighted by Crippen LogP contribution is 2.18. The molecule has 7 heteroatoms. The standard InChI is InChI=1S/C13H24N2O4S/c1-2-6-19-7-3-4-14-13(18)15-5-8-20-10-11(15)9-12(16)17/h11H,2-10H2,1H3,(H,14,18)(H,16,17). The summed E-state index contributed by atoms with van der Waals surface area (Å²) in [5, 5.41) is 11.7. The van der Waals surface area contributed by atoms with Gasteiger partial charge in [0.25, 0.3) is 0 Å². The Morgan fingerprint density at radius 3 is 2.95 bits per heavy atom. The topological polar surface area (TPSA) is 78.9 Å². The number of amides is 2. The molecular formula is C13H24N2O4S. The lowest BCUT2D eigenvalue weighted by atomic mass is 10.2. The van der Waals surface area contributed by atoms with Crippen molar-refractivity contribution in [1.82, 2.24) is 10.2 Å². The van der Waals surface area contributed by atoms with Crippen LogP contribution in [0.15, 0.2) is 0 Å². The summed E-state index contributed by atoms with van der Waals surface area (Å²) < 4.78 is 5.34. The van der Waals surface area contributed by atoms with Gasteiger partial charge in [0.05, 0.1) is 12.5 Å². The van der Waals surface area contributed by atoms with Crippen molar-refractivity contribution in [2.24, 2.45) is 0 Å². The molecule has 0 aliphatic carbocycles. The Morgan fingerprint density at radius 1 is 1.45 bits per heavy atom. The van der Waals surface area contributed by atoms with Gasteiger partial charge in [-0.25, -0.2) is 4.79 Å². The number of nitrogens with one attached hydrogen (secondary N) is 1. The maximum absolute atomic E-state index is 12.1. The maximum atomic E-state index is 12.1. The van der Waals surface area contributed by atoms with E-state index in [9.17, 15) is 9.59 Å². The van der Waals surface area contributed by atoms with Crippen LogP contribution in [0.2, 0.25) is 0 Å². The monoisotopic (exact) mass is 304 g/mol. The van der Waals surface area contributed by atoms with Crippen molar-refractivity contribution >= 4 is 23.8 Å². The molecular weight excluding hydrogens is 280 g/mol. The normalized spacial score (nSPS) is 18.9. The first kappa shape index (κ1) is 17.1. The molecule has 1 fully saturated rings. The van der Waals surface area contributed by atoms with Crippen molar-refractivity contribution in [3.05, 3.63) is 0 Å². The van der Waals surface area contributed by atoms with Gasteiger partial charge in [-0.3, -0.25) is 4.79 Å². The summed E-state index contributed by atoms with van der Waals surface area (Å²) in [6.07, 6.45) is 1.78. The number of hydrogen-bond acceptors (Lipinski definition) is 4. The van der Waals surface area contributed by atoms with E-state index >= 15 is 0 Å². The van der Waals surface area contributed by atoms with Crippen molar-refractivity contribution in [2.75, 3.05) is 37.8 Å². The Bertz CT molecular complexity index is 315. The average molecular weight is 304 g/mol. The number of carboxylic acids is 1. The molecule has 0 aromatic rings. The Balaban J connectivity index is 2.26. The summed E-state index contributed by atoms with van der Waals surface area (Å²) in [5.41, 5.74) is 0. The summed E-state index contributed by atoms with van der Waals surface area (Å²) in [6, 6.07) is -0.366. The van der Waals surface area contributed by atoms with Gasteiger partial charge in [-0.2, -0.15) is 11.8 Å². The van der Waals surface area contributed by atoms with Crippen LogP contribution in [0.5, 0.6) is 0 Å². The van der Waals surface area contributed by atoms with Gasteiger partial charge in [0.2, 0.25) is 0 Å². The van der Waals surface area contributed by atoms with Crippen LogP contribution in [-0.4, -0.2) is 65.9 Å². The number of urea groups is 1. The van der Waals surface area contributed by atoms with Gasteiger partial charge in [0.1, 0.15) is 0 Å². The molecule has 1 aliphatic rings. The molecule has 1 atom stereocenters. The van der Waals surface area contributed by atoms with Crippen LogP contribution in [0.1, 0.15) is 26.2 Å². The molecule has 0 aromatic heterocycles. The third-order valence-electron chi connectivity index (χ3n) is 2.99. The zero-order valence-corrected chi connectivity index (χ0v) is 12.8. The van der Waals surface area contributed by atoms with Gasteiger partial charge in [0.15, 0.2) is 0 Å². The molecule has 116 valence electrons. The molecule has 6 nitrogen and oxygen atoms in total. The minimum absolute atomic E-state index is 0.0139. The van der Waals surface area contributed by atoms with Crippen LogP contribution in [0, 0.1) is 0 Å². The highest BCUT2D eigenvalue weighted by Gasteiger charge is 2.28. The number of nitrogens with zero attached hydrogens (tertiary/aromatic N) is 1. The Morgan fingerprint density at radius 2 is 2.25 bits per heavy atom.